The fourth-order valence-corrected chi connectivity index (χ4v) is 1.27. The molecule has 0 rings (SSSR count). The third-order valence-electron chi connectivity index (χ3n) is 2.19. The summed E-state index contributed by atoms with van der Waals surface area (Å²) in [6.45, 7) is 5.67. The van der Waals surface area contributed by atoms with Gasteiger partial charge in [-0.1, -0.05) is 13.0 Å². The summed E-state index contributed by atoms with van der Waals surface area (Å²) in [5, 5.41) is 0. The van der Waals surface area contributed by atoms with Crippen LogP contribution in [0.5, 0.6) is 0 Å². The lowest BCUT2D eigenvalue weighted by atomic mass is 9.91. The first kappa shape index (κ1) is 13.5. The molecule has 0 aromatic carbocycles. The number of alkyl halides is 4. The standard InChI is InChI=1S/C10H16F4/c1-4-5-6-8(2)7-9(3,11)10(12,13)14/h4,8H,1,5-7H2,2-3H3. The fourth-order valence-electron chi connectivity index (χ4n) is 1.27. The molecule has 0 saturated carbocycles. The molecule has 2 unspecified atom stereocenters. The molecule has 84 valence electrons. The van der Waals surface area contributed by atoms with Gasteiger partial charge < -0.3 is 0 Å². The SMILES string of the molecule is C=CCCC(C)CC(C)(F)C(F)(F)F. The maximum atomic E-state index is 13.1. The van der Waals surface area contributed by atoms with Crippen molar-refractivity contribution in [1.29, 1.82) is 0 Å². The topological polar surface area (TPSA) is 0 Å². The molecule has 0 aliphatic carbocycles. The minimum absolute atomic E-state index is 0.287. The summed E-state index contributed by atoms with van der Waals surface area (Å²) in [6.07, 6.45) is -2.46. The number of hydrogen-bond donors (Lipinski definition) is 0. The molecule has 0 nitrogen and oxygen atoms in total. The second kappa shape index (κ2) is 4.80. The molecule has 14 heavy (non-hydrogen) atoms. The minimum Gasteiger partial charge on any atom is -0.234 e. The van der Waals surface area contributed by atoms with Crippen LogP contribution in [0.4, 0.5) is 17.6 Å². The second-order valence-corrected chi connectivity index (χ2v) is 3.87. The molecule has 0 radical (unpaired) electrons. The van der Waals surface area contributed by atoms with Gasteiger partial charge in [-0.05, 0) is 32.1 Å². The molecule has 0 amide bonds. The van der Waals surface area contributed by atoms with Crippen molar-refractivity contribution in [3.8, 4) is 0 Å². The van der Waals surface area contributed by atoms with E-state index in [-0.39, 0.29) is 5.92 Å². The van der Waals surface area contributed by atoms with Crippen LogP contribution in [0.2, 0.25) is 0 Å². The molecule has 0 aromatic heterocycles. The molecule has 0 aliphatic heterocycles. The highest BCUT2D eigenvalue weighted by molar-refractivity contribution is 4.84. The summed E-state index contributed by atoms with van der Waals surface area (Å²) in [4.78, 5) is 0. The monoisotopic (exact) mass is 212 g/mol. The Morgan fingerprint density at radius 2 is 1.79 bits per heavy atom. The first-order valence-electron chi connectivity index (χ1n) is 4.57. The van der Waals surface area contributed by atoms with Gasteiger partial charge in [0.15, 0.2) is 0 Å². The lowest BCUT2D eigenvalue weighted by molar-refractivity contribution is -0.228. The molecule has 0 fully saturated rings. The Hall–Kier alpha value is -0.540. The van der Waals surface area contributed by atoms with Crippen LogP contribution in [-0.4, -0.2) is 11.8 Å². The number of halogens is 4. The van der Waals surface area contributed by atoms with Crippen molar-refractivity contribution >= 4 is 0 Å². The van der Waals surface area contributed by atoms with Gasteiger partial charge in [-0.3, -0.25) is 0 Å². The van der Waals surface area contributed by atoms with Crippen molar-refractivity contribution in [3.63, 3.8) is 0 Å². The van der Waals surface area contributed by atoms with E-state index in [1.54, 1.807) is 13.0 Å². The van der Waals surface area contributed by atoms with Crippen LogP contribution in [0.3, 0.4) is 0 Å². The van der Waals surface area contributed by atoms with Gasteiger partial charge in [0.05, 0.1) is 0 Å². The van der Waals surface area contributed by atoms with E-state index in [4.69, 9.17) is 0 Å². The molecule has 0 aromatic rings. The van der Waals surface area contributed by atoms with Crippen molar-refractivity contribution in [1.82, 2.24) is 0 Å². The van der Waals surface area contributed by atoms with Gasteiger partial charge in [-0.25, -0.2) is 4.39 Å². The van der Waals surface area contributed by atoms with Crippen molar-refractivity contribution in [2.45, 2.75) is 45.0 Å². The molecule has 2 atom stereocenters. The summed E-state index contributed by atoms with van der Waals surface area (Å²) in [5.74, 6) is -0.287. The normalized spacial score (nSPS) is 18.7. The van der Waals surface area contributed by atoms with E-state index in [1.807, 2.05) is 0 Å². The second-order valence-electron chi connectivity index (χ2n) is 3.87. The lowest BCUT2D eigenvalue weighted by Gasteiger charge is -2.26. The molecule has 0 heterocycles. The van der Waals surface area contributed by atoms with Crippen LogP contribution in [0, 0.1) is 5.92 Å². The zero-order valence-electron chi connectivity index (χ0n) is 8.49. The molecular formula is C10H16F4. The Kier molecular flexibility index (Phi) is 4.62. The van der Waals surface area contributed by atoms with Crippen molar-refractivity contribution in [2.24, 2.45) is 5.92 Å². The Balaban J connectivity index is 4.15. The van der Waals surface area contributed by atoms with E-state index >= 15 is 0 Å². The van der Waals surface area contributed by atoms with Crippen molar-refractivity contribution < 1.29 is 17.6 Å². The van der Waals surface area contributed by atoms with Gasteiger partial charge in [0.1, 0.15) is 0 Å². The molecule has 0 spiro atoms. The summed E-state index contributed by atoms with van der Waals surface area (Å²) in [7, 11) is 0. The van der Waals surface area contributed by atoms with Gasteiger partial charge in [0.2, 0.25) is 5.67 Å². The average molecular weight is 212 g/mol. The van der Waals surface area contributed by atoms with E-state index < -0.39 is 18.3 Å². The predicted octanol–water partition coefficient (Wildman–Crippen LogP) is 4.27. The first-order chi connectivity index (χ1) is 6.20. The Morgan fingerprint density at radius 1 is 1.29 bits per heavy atom. The largest absolute Gasteiger partial charge is 0.422 e. The van der Waals surface area contributed by atoms with Crippen LogP contribution in [0.25, 0.3) is 0 Å². The Bertz CT molecular complexity index is 181. The number of hydrogen-bond acceptors (Lipinski definition) is 0. The van der Waals surface area contributed by atoms with Crippen LogP contribution in [0.1, 0.15) is 33.1 Å². The fraction of sp³-hybridized carbons (Fsp3) is 0.800. The van der Waals surface area contributed by atoms with Gasteiger partial charge in [-0.15, -0.1) is 6.58 Å². The summed E-state index contributed by atoms with van der Waals surface area (Å²) in [6, 6.07) is 0. The maximum absolute atomic E-state index is 13.1. The van der Waals surface area contributed by atoms with E-state index in [1.165, 1.54) is 0 Å². The van der Waals surface area contributed by atoms with E-state index in [0.29, 0.717) is 19.8 Å². The first-order valence-corrected chi connectivity index (χ1v) is 4.57. The highest BCUT2D eigenvalue weighted by Crippen LogP contribution is 2.39. The highest BCUT2D eigenvalue weighted by Gasteiger charge is 2.52. The molecule has 0 bridgehead atoms. The predicted molar refractivity (Wildman–Crippen MR) is 48.8 cm³/mol. The average Bonchev–Trinajstić information content (AvgIpc) is 1.97. The minimum atomic E-state index is -4.77. The van der Waals surface area contributed by atoms with Crippen LogP contribution in [-0.2, 0) is 0 Å². The third kappa shape index (κ3) is 4.11. The summed E-state index contributed by atoms with van der Waals surface area (Å²) in [5.41, 5.74) is -3.08. The Labute approximate surface area is 82.0 Å². The number of allylic oxidation sites excluding steroid dienone is 1. The van der Waals surface area contributed by atoms with Gasteiger partial charge in [-0.2, -0.15) is 13.2 Å². The zero-order valence-corrected chi connectivity index (χ0v) is 8.49. The van der Waals surface area contributed by atoms with Gasteiger partial charge in [0, 0.05) is 0 Å². The molecule has 0 aliphatic rings. The van der Waals surface area contributed by atoms with E-state index in [9.17, 15) is 17.6 Å². The van der Waals surface area contributed by atoms with E-state index in [0.717, 1.165) is 0 Å². The quantitative estimate of drug-likeness (QED) is 0.471. The van der Waals surface area contributed by atoms with Crippen molar-refractivity contribution in [3.05, 3.63) is 12.7 Å². The van der Waals surface area contributed by atoms with E-state index in [2.05, 4.69) is 6.58 Å². The smallest absolute Gasteiger partial charge is 0.234 e. The van der Waals surface area contributed by atoms with Crippen molar-refractivity contribution in [2.75, 3.05) is 0 Å². The summed E-state index contributed by atoms with van der Waals surface area (Å²) >= 11 is 0. The molecular weight excluding hydrogens is 196 g/mol. The molecule has 4 heteroatoms. The lowest BCUT2D eigenvalue weighted by Crippen LogP contribution is -2.39. The summed E-state index contributed by atoms with van der Waals surface area (Å²) < 4.78 is 49.5. The third-order valence-corrected chi connectivity index (χ3v) is 2.19. The molecule has 0 N–H and O–H groups in total. The Morgan fingerprint density at radius 3 is 2.14 bits per heavy atom. The van der Waals surface area contributed by atoms with Gasteiger partial charge in [0.25, 0.3) is 0 Å². The van der Waals surface area contributed by atoms with Crippen LogP contribution >= 0.6 is 0 Å². The zero-order chi connectivity index (χ0) is 11.4. The number of rotatable bonds is 5. The van der Waals surface area contributed by atoms with Gasteiger partial charge >= 0.3 is 6.18 Å². The highest BCUT2D eigenvalue weighted by atomic mass is 19.4. The van der Waals surface area contributed by atoms with Crippen LogP contribution < -0.4 is 0 Å². The molecule has 0 saturated heterocycles. The maximum Gasteiger partial charge on any atom is 0.422 e. The van der Waals surface area contributed by atoms with Crippen LogP contribution in [0.15, 0.2) is 12.7 Å².